The predicted molar refractivity (Wildman–Crippen MR) is 116 cm³/mol. The summed E-state index contributed by atoms with van der Waals surface area (Å²) < 4.78 is 0. The third-order valence-electron chi connectivity index (χ3n) is 5.24. The molecule has 0 aromatic heterocycles. The molecule has 0 spiro atoms. The molecule has 0 N–H and O–H groups in total. The molecule has 0 fully saturated rings. The fraction of sp³-hybridized carbons (Fsp3) is 0.0800. The van der Waals surface area contributed by atoms with Crippen LogP contribution in [-0.2, 0) is 5.41 Å². The van der Waals surface area contributed by atoms with Gasteiger partial charge in [-0.05, 0) is 23.3 Å². The van der Waals surface area contributed by atoms with Gasteiger partial charge in [0, 0.05) is 15.6 Å². The van der Waals surface area contributed by atoms with Gasteiger partial charge in [-0.1, -0.05) is 114 Å². The molecule has 0 heterocycles. The van der Waals surface area contributed by atoms with E-state index in [2.05, 4.69) is 0 Å². The van der Waals surface area contributed by atoms with E-state index < -0.39 is 11.3 Å². The van der Waals surface area contributed by atoms with Gasteiger partial charge in [0.05, 0.1) is 11.3 Å². The Labute approximate surface area is 174 Å². The van der Waals surface area contributed by atoms with Crippen molar-refractivity contribution in [2.75, 3.05) is 0 Å². The maximum Gasteiger partial charge on any atom is 0.171 e. The largest absolute Gasteiger partial charge is 0.293 e. The molecule has 3 aromatic carbocycles. The molecule has 4 rings (SSSR count). The SMILES string of the molecule is O=C(c1ccccc1)C1C=CC=CC1(c1ccccc1Cl)c1ccccc1Cl. The number of benzene rings is 3. The molecule has 3 heteroatoms. The van der Waals surface area contributed by atoms with Crippen molar-refractivity contribution in [3.63, 3.8) is 0 Å². The maximum atomic E-state index is 13.6. The van der Waals surface area contributed by atoms with Crippen LogP contribution in [0.4, 0.5) is 0 Å². The highest BCUT2D eigenvalue weighted by Gasteiger charge is 2.45. The van der Waals surface area contributed by atoms with E-state index in [0.29, 0.717) is 15.6 Å². The Balaban J connectivity index is 2.00. The average Bonchev–Trinajstić information content (AvgIpc) is 2.74. The van der Waals surface area contributed by atoms with E-state index in [9.17, 15) is 4.79 Å². The van der Waals surface area contributed by atoms with Crippen molar-refractivity contribution in [2.24, 2.45) is 5.92 Å². The Morgan fingerprint density at radius 3 is 1.82 bits per heavy atom. The molecule has 0 radical (unpaired) electrons. The van der Waals surface area contributed by atoms with Gasteiger partial charge in [-0.15, -0.1) is 0 Å². The summed E-state index contributed by atoms with van der Waals surface area (Å²) in [5.41, 5.74) is 1.59. The van der Waals surface area contributed by atoms with E-state index in [1.807, 2.05) is 103 Å². The first-order valence-corrected chi connectivity index (χ1v) is 9.85. The zero-order chi connectivity index (χ0) is 19.6. The van der Waals surface area contributed by atoms with Crippen molar-refractivity contribution in [1.82, 2.24) is 0 Å². The summed E-state index contributed by atoms with van der Waals surface area (Å²) >= 11 is 13.3. The molecule has 0 amide bonds. The van der Waals surface area contributed by atoms with Gasteiger partial charge >= 0.3 is 0 Å². The molecule has 0 saturated heterocycles. The lowest BCUT2D eigenvalue weighted by atomic mass is 9.62. The number of allylic oxidation sites excluding steroid dienone is 4. The number of hydrogen-bond donors (Lipinski definition) is 0. The summed E-state index contributed by atoms with van der Waals surface area (Å²) in [6.07, 6.45) is 7.86. The summed E-state index contributed by atoms with van der Waals surface area (Å²) in [6, 6.07) is 24.7. The fourth-order valence-electron chi connectivity index (χ4n) is 3.97. The van der Waals surface area contributed by atoms with E-state index in [1.54, 1.807) is 0 Å². The van der Waals surface area contributed by atoms with Crippen molar-refractivity contribution >= 4 is 29.0 Å². The molecule has 1 aliphatic rings. The number of hydrogen-bond acceptors (Lipinski definition) is 1. The summed E-state index contributed by atoms with van der Waals surface area (Å²) in [5.74, 6) is -0.444. The lowest BCUT2D eigenvalue weighted by Crippen LogP contribution is -2.40. The monoisotopic (exact) mass is 404 g/mol. The number of Topliss-reactive ketones (excluding diaryl/α,β-unsaturated/α-hetero) is 1. The summed E-state index contributed by atoms with van der Waals surface area (Å²) in [4.78, 5) is 13.6. The van der Waals surface area contributed by atoms with Crippen LogP contribution >= 0.6 is 23.2 Å². The number of carbonyl (C=O) groups is 1. The van der Waals surface area contributed by atoms with Crippen LogP contribution in [0.15, 0.2) is 103 Å². The van der Waals surface area contributed by atoms with E-state index in [0.717, 1.165) is 11.1 Å². The van der Waals surface area contributed by atoms with E-state index in [-0.39, 0.29) is 5.78 Å². The molecule has 138 valence electrons. The molecular weight excluding hydrogens is 387 g/mol. The Morgan fingerprint density at radius 2 is 1.25 bits per heavy atom. The smallest absolute Gasteiger partial charge is 0.171 e. The summed E-state index contributed by atoms with van der Waals surface area (Å²) in [7, 11) is 0. The second kappa shape index (κ2) is 7.79. The summed E-state index contributed by atoms with van der Waals surface area (Å²) in [5, 5.41) is 1.21. The first-order chi connectivity index (χ1) is 13.6. The maximum absolute atomic E-state index is 13.6. The highest BCUT2D eigenvalue weighted by atomic mass is 35.5. The molecule has 1 unspecified atom stereocenters. The normalized spacial score (nSPS) is 17.4. The molecular formula is C25H18Cl2O. The fourth-order valence-corrected chi connectivity index (χ4v) is 4.55. The standard InChI is InChI=1S/C25H18Cl2O/c26-22-15-6-4-12-19(22)25(20-13-5-7-16-23(20)27)17-9-8-14-21(25)24(28)18-10-2-1-3-11-18/h1-17,21H. The van der Waals surface area contributed by atoms with Crippen LogP contribution in [0.2, 0.25) is 10.0 Å². The van der Waals surface area contributed by atoms with Crippen LogP contribution < -0.4 is 0 Å². The third-order valence-corrected chi connectivity index (χ3v) is 5.90. The Hall–Kier alpha value is -2.61. The van der Waals surface area contributed by atoms with Crippen molar-refractivity contribution < 1.29 is 4.79 Å². The zero-order valence-corrected chi connectivity index (χ0v) is 16.6. The van der Waals surface area contributed by atoms with E-state index in [4.69, 9.17) is 23.2 Å². The molecule has 3 aromatic rings. The minimum absolute atomic E-state index is 0.0287. The molecule has 1 nitrogen and oxygen atoms in total. The van der Waals surface area contributed by atoms with Crippen LogP contribution in [-0.4, -0.2) is 5.78 Å². The van der Waals surface area contributed by atoms with Crippen molar-refractivity contribution in [3.8, 4) is 0 Å². The Kier molecular flexibility index (Phi) is 5.21. The molecule has 1 atom stereocenters. The van der Waals surface area contributed by atoms with Crippen LogP contribution in [0.3, 0.4) is 0 Å². The van der Waals surface area contributed by atoms with Gasteiger partial charge in [0.25, 0.3) is 0 Å². The van der Waals surface area contributed by atoms with Crippen LogP contribution in [0.1, 0.15) is 21.5 Å². The molecule has 0 bridgehead atoms. The third kappa shape index (κ3) is 3.11. The van der Waals surface area contributed by atoms with Crippen molar-refractivity contribution in [2.45, 2.75) is 5.41 Å². The molecule has 28 heavy (non-hydrogen) atoms. The van der Waals surface area contributed by atoms with Gasteiger partial charge in [-0.3, -0.25) is 4.79 Å². The van der Waals surface area contributed by atoms with Gasteiger partial charge in [-0.25, -0.2) is 0 Å². The highest BCUT2D eigenvalue weighted by Crippen LogP contribution is 2.49. The molecule has 1 aliphatic carbocycles. The first kappa shape index (κ1) is 18.7. The van der Waals surface area contributed by atoms with Crippen LogP contribution in [0.25, 0.3) is 0 Å². The minimum Gasteiger partial charge on any atom is -0.293 e. The zero-order valence-electron chi connectivity index (χ0n) is 15.1. The Bertz CT molecular complexity index is 1020. The van der Waals surface area contributed by atoms with Crippen molar-refractivity contribution in [1.29, 1.82) is 0 Å². The Morgan fingerprint density at radius 1 is 0.714 bits per heavy atom. The lowest BCUT2D eigenvalue weighted by molar-refractivity contribution is 0.0918. The summed E-state index contributed by atoms with van der Waals surface area (Å²) in [6.45, 7) is 0. The predicted octanol–water partition coefficient (Wildman–Crippen LogP) is 6.90. The molecule has 0 aliphatic heterocycles. The van der Waals surface area contributed by atoms with Crippen LogP contribution in [0.5, 0.6) is 0 Å². The number of halogens is 2. The number of rotatable bonds is 4. The van der Waals surface area contributed by atoms with Crippen LogP contribution in [0, 0.1) is 5.92 Å². The highest BCUT2D eigenvalue weighted by molar-refractivity contribution is 6.32. The minimum atomic E-state index is -0.793. The van der Waals surface area contributed by atoms with Gasteiger partial charge < -0.3 is 0 Å². The topological polar surface area (TPSA) is 17.1 Å². The van der Waals surface area contributed by atoms with E-state index >= 15 is 0 Å². The quantitative estimate of drug-likeness (QED) is 0.431. The molecule has 0 saturated carbocycles. The van der Waals surface area contributed by atoms with Gasteiger partial charge in [0.1, 0.15) is 0 Å². The second-order valence-electron chi connectivity index (χ2n) is 6.78. The van der Waals surface area contributed by atoms with Gasteiger partial charge in [0.2, 0.25) is 0 Å². The van der Waals surface area contributed by atoms with E-state index in [1.165, 1.54) is 0 Å². The number of ketones is 1. The average molecular weight is 405 g/mol. The lowest BCUT2D eigenvalue weighted by Gasteiger charge is -2.40. The van der Waals surface area contributed by atoms with Gasteiger partial charge in [-0.2, -0.15) is 0 Å². The second-order valence-corrected chi connectivity index (χ2v) is 7.60. The van der Waals surface area contributed by atoms with Gasteiger partial charge in [0.15, 0.2) is 5.78 Å². The first-order valence-electron chi connectivity index (χ1n) is 9.10. The van der Waals surface area contributed by atoms with Crippen molar-refractivity contribution in [3.05, 3.63) is 130 Å². The number of carbonyl (C=O) groups excluding carboxylic acids is 1.